The van der Waals surface area contributed by atoms with Crippen molar-refractivity contribution < 1.29 is 9.15 Å². The summed E-state index contributed by atoms with van der Waals surface area (Å²) in [7, 11) is 3.69. The van der Waals surface area contributed by atoms with Gasteiger partial charge in [-0.25, -0.2) is 0 Å². The second-order valence-corrected chi connectivity index (χ2v) is 5.64. The first-order valence-electron chi connectivity index (χ1n) is 6.68. The highest BCUT2D eigenvalue weighted by molar-refractivity contribution is 7.97. The molecule has 0 saturated carbocycles. The second kappa shape index (κ2) is 7.41. The number of thioether (sulfide) groups is 1. The Kier molecular flexibility index (Phi) is 5.56. The van der Waals surface area contributed by atoms with Gasteiger partial charge >= 0.3 is 0 Å². The van der Waals surface area contributed by atoms with E-state index in [0.29, 0.717) is 6.04 Å². The Morgan fingerprint density at radius 1 is 1.30 bits per heavy atom. The van der Waals surface area contributed by atoms with Gasteiger partial charge in [0.05, 0.1) is 19.1 Å². The summed E-state index contributed by atoms with van der Waals surface area (Å²) in [5.74, 6) is 3.74. The molecule has 3 nitrogen and oxygen atoms in total. The van der Waals surface area contributed by atoms with Crippen molar-refractivity contribution in [3.8, 4) is 5.75 Å². The van der Waals surface area contributed by atoms with Gasteiger partial charge < -0.3 is 14.5 Å². The highest BCUT2D eigenvalue weighted by Crippen LogP contribution is 2.28. The molecule has 1 atom stereocenters. The Morgan fingerprint density at radius 3 is 2.80 bits per heavy atom. The average molecular weight is 291 g/mol. The fourth-order valence-corrected chi connectivity index (χ4v) is 2.92. The minimum Gasteiger partial charge on any atom is -0.496 e. The number of benzene rings is 1. The van der Waals surface area contributed by atoms with Gasteiger partial charge in [-0.3, -0.25) is 0 Å². The molecule has 0 amide bonds. The quantitative estimate of drug-likeness (QED) is 0.836. The second-order valence-electron chi connectivity index (χ2n) is 4.65. The van der Waals surface area contributed by atoms with Gasteiger partial charge in [-0.05, 0) is 43.8 Å². The highest BCUT2D eigenvalue weighted by Gasteiger charge is 2.09. The maximum absolute atomic E-state index is 5.44. The van der Waals surface area contributed by atoms with Crippen LogP contribution in [0.2, 0.25) is 0 Å². The van der Waals surface area contributed by atoms with Crippen LogP contribution in [0.15, 0.2) is 41.0 Å². The van der Waals surface area contributed by atoms with E-state index < -0.39 is 0 Å². The Balaban J connectivity index is 2.04. The zero-order chi connectivity index (χ0) is 14.4. The van der Waals surface area contributed by atoms with Crippen molar-refractivity contribution in [1.82, 2.24) is 5.32 Å². The third-order valence-corrected chi connectivity index (χ3v) is 4.32. The van der Waals surface area contributed by atoms with Crippen LogP contribution in [0.25, 0.3) is 0 Å². The number of ether oxygens (including phenoxy) is 1. The summed E-state index contributed by atoms with van der Waals surface area (Å²) >= 11 is 1.83. The predicted octanol–water partition coefficient (Wildman–Crippen LogP) is 4.00. The smallest absolute Gasteiger partial charge is 0.122 e. The van der Waals surface area contributed by atoms with Gasteiger partial charge in [0.15, 0.2) is 0 Å². The number of nitrogens with one attached hydrogen (secondary N) is 1. The molecule has 1 N–H and O–H groups in total. The summed E-state index contributed by atoms with van der Waals surface area (Å²) in [4.78, 5) is 0. The van der Waals surface area contributed by atoms with Crippen LogP contribution in [0.1, 0.15) is 29.9 Å². The molecule has 1 unspecified atom stereocenters. The summed E-state index contributed by atoms with van der Waals surface area (Å²) in [5.41, 5.74) is 2.51. The minimum atomic E-state index is 0.342. The topological polar surface area (TPSA) is 34.4 Å². The van der Waals surface area contributed by atoms with Crippen LogP contribution in [-0.4, -0.2) is 14.2 Å². The SMILES string of the molecule is CNC(C)c1ccc(OC)c(CSCc2ccco2)c1. The maximum Gasteiger partial charge on any atom is 0.122 e. The van der Waals surface area contributed by atoms with Gasteiger partial charge in [-0.2, -0.15) is 0 Å². The van der Waals surface area contributed by atoms with Crippen LogP contribution < -0.4 is 10.1 Å². The van der Waals surface area contributed by atoms with Crippen LogP contribution in [0, 0.1) is 0 Å². The molecule has 20 heavy (non-hydrogen) atoms. The molecule has 0 aliphatic rings. The van der Waals surface area contributed by atoms with Crippen LogP contribution in [-0.2, 0) is 11.5 Å². The van der Waals surface area contributed by atoms with Gasteiger partial charge in [0.2, 0.25) is 0 Å². The van der Waals surface area contributed by atoms with Gasteiger partial charge in [0, 0.05) is 17.4 Å². The van der Waals surface area contributed by atoms with Gasteiger partial charge in [0.1, 0.15) is 11.5 Å². The van der Waals surface area contributed by atoms with E-state index >= 15 is 0 Å². The first kappa shape index (κ1) is 15.0. The molecule has 0 radical (unpaired) electrons. The highest BCUT2D eigenvalue weighted by atomic mass is 32.2. The molecule has 4 heteroatoms. The third-order valence-electron chi connectivity index (χ3n) is 3.32. The normalized spacial score (nSPS) is 12.3. The summed E-state index contributed by atoms with van der Waals surface area (Å²) in [6.07, 6.45) is 1.71. The zero-order valence-corrected chi connectivity index (χ0v) is 13.0. The van der Waals surface area contributed by atoms with Crippen molar-refractivity contribution in [2.75, 3.05) is 14.2 Å². The fraction of sp³-hybridized carbons (Fsp3) is 0.375. The maximum atomic E-state index is 5.44. The Labute approximate surface area is 124 Å². The van der Waals surface area contributed by atoms with Crippen LogP contribution >= 0.6 is 11.8 Å². The van der Waals surface area contributed by atoms with Gasteiger partial charge in [-0.15, -0.1) is 11.8 Å². The molecule has 1 aromatic carbocycles. The van der Waals surface area contributed by atoms with Crippen molar-refractivity contribution in [3.63, 3.8) is 0 Å². The molecular formula is C16H21NO2S. The standard InChI is InChI=1S/C16H21NO2S/c1-12(17-2)13-6-7-16(18-3)14(9-13)10-20-11-15-5-4-8-19-15/h4-9,12,17H,10-11H2,1-3H3. The van der Waals surface area contributed by atoms with Crippen molar-refractivity contribution >= 4 is 11.8 Å². The minimum absolute atomic E-state index is 0.342. The molecule has 0 spiro atoms. The number of furan rings is 1. The van der Waals surface area contributed by atoms with Crippen LogP contribution in [0.4, 0.5) is 0 Å². The van der Waals surface area contributed by atoms with Gasteiger partial charge in [-0.1, -0.05) is 6.07 Å². The van der Waals surface area contributed by atoms with E-state index in [0.717, 1.165) is 23.0 Å². The molecule has 2 aromatic rings. The molecule has 0 bridgehead atoms. The molecule has 108 valence electrons. The monoisotopic (exact) mass is 291 g/mol. The first-order valence-corrected chi connectivity index (χ1v) is 7.84. The van der Waals surface area contributed by atoms with E-state index in [2.05, 4.69) is 24.4 Å². The molecule has 1 aromatic heterocycles. The molecule has 0 fully saturated rings. The van der Waals surface area contributed by atoms with Crippen molar-refractivity contribution in [2.45, 2.75) is 24.5 Å². The van der Waals surface area contributed by atoms with Crippen molar-refractivity contribution in [2.24, 2.45) is 0 Å². The summed E-state index contributed by atoms with van der Waals surface area (Å²) in [5, 5.41) is 3.26. The lowest BCUT2D eigenvalue weighted by Gasteiger charge is -2.14. The average Bonchev–Trinajstić information content (AvgIpc) is 2.99. The fourth-order valence-electron chi connectivity index (χ4n) is 2.00. The summed E-state index contributed by atoms with van der Waals surface area (Å²) < 4.78 is 10.8. The Morgan fingerprint density at radius 2 is 2.15 bits per heavy atom. The number of rotatable bonds is 7. The largest absolute Gasteiger partial charge is 0.496 e. The molecular weight excluding hydrogens is 270 g/mol. The number of methoxy groups -OCH3 is 1. The Bertz CT molecular complexity index is 525. The van der Waals surface area contributed by atoms with Gasteiger partial charge in [0.25, 0.3) is 0 Å². The van der Waals surface area contributed by atoms with E-state index in [1.807, 2.05) is 37.0 Å². The summed E-state index contributed by atoms with van der Waals surface area (Å²) in [6, 6.07) is 10.6. The molecule has 0 aliphatic carbocycles. The van der Waals surface area contributed by atoms with E-state index in [1.54, 1.807) is 13.4 Å². The number of hydrogen-bond donors (Lipinski definition) is 1. The lowest BCUT2D eigenvalue weighted by molar-refractivity contribution is 0.411. The lowest BCUT2D eigenvalue weighted by atomic mass is 10.1. The molecule has 1 heterocycles. The predicted molar refractivity (Wildman–Crippen MR) is 84.2 cm³/mol. The van der Waals surface area contributed by atoms with E-state index in [1.165, 1.54) is 11.1 Å². The Hall–Kier alpha value is -1.39. The van der Waals surface area contributed by atoms with Crippen LogP contribution in [0.3, 0.4) is 0 Å². The summed E-state index contributed by atoms with van der Waals surface area (Å²) in [6.45, 7) is 2.15. The third kappa shape index (κ3) is 3.81. The van der Waals surface area contributed by atoms with Crippen molar-refractivity contribution in [3.05, 3.63) is 53.5 Å². The molecule has 0 saturated heterocycles. The molecule has 0 aliphatic heterocycles. The van der Waals surface area contributed by atoms with Crippen LogP contribution in [0.5, 0.6) is 5.75 Å². The van der Waals surface area contributed by atoms with E-state index in [-0.39, 0.29) is 0 Å². The van der Waals surface area contributed by atoms with Crippen molar-refractivity contribution in [1.29, 1.82) is 0 Å². The van der Waals surface area contributed by atoms with E-state index in [4.69, 9.17) is 9.15 Å². The lowest BCUT2D eigenvalue weighted by Crippen LogP contribution is -2.12. The number of hydrogen-bond acceptors (Lipinski definition) is 4. The molecule has 2 rings (SSSR count). The zero-order valence-electron chi connectivity index (χ0n) is 12.2. The van der Waals surface area contributed by atoms with E-state index in [9.17, 15) is 0 Å². The first-order chi connectivity index (χ1) is 9.74.